The first-order valence-corrected chi connectivity index (χ1v) is 8.72. The van der Waals surface area contributed by atoms with Crippen molar-refractivity contribution in [2.24, 2.45) is 5.73 Å². The summed E-state index contributed by atoms with van der Waals surface area (Å²) in [5.74, 6) is 0. The van der Waals surface area contributed by atoms with Crippen LogP contribution in [0.5, 0.6) is 0 Å². The van der Waals surface area contributed by atoms with Crippen LogP contribution in [0.3, 0.4) is 0 Å². The molecule has 1 fully saturated rings. The summed E-state index contributed by atoms with van der Waals surface area (Å²) in [5.41, 5.74) is 8.27. The molecule has 2 N–H and O–H groups in total. The third-order valence-corrected chi connectivity index (χ3v) is 5.94. The lowest BCUT2D eigenvalue weighted by atomic mass is 10.1. The summed E-state index contributed by atoms with van der Waals surface area (Å²) in [4.78, 5) is 0.372. The molecular weight excluding hydrogens is 288 g/mol. The maximum absolute atomic E-state index is 13.0. The van der Waals surface area contributed by atoms with Crippen molar-refractivity contribution in [2.75, 3.05) is 19.7 Å². The van der Waals surface area contributed by atoms with Gasteiger partial charge in [0.2, 0.25) is 10.0 Å². The highest BCUT2D eigenvalue weighted by atomic mass is 32.2. The van der Waals surface area contributed by atoms with Crippen molar-refractivity contribution in [3.63, 3.8) is 0 Å². The van der Waals surface area contributed by atoms with Gasteiger partial charge in [0.25, 0.3) is 0 Å². The summed E-state index contributed by atoms with van der Waals surface area (Å²) in [6, 6.07) is 3.65. The molecule has 1 aromatic carbocycles. The van der Waals surface area contributed by atoms with Gasteiger partial charge in [0, 0.05) is 26.2 Å². The smallest absolute Gasteiger partial charge is 0.243 e. The van der Waals surface area contributed by atoms with Crippen LogP contribution in [0.25, 0.3) is 0 Å². The number of nitrogens with zero attached hydrogens (tertiary/aromatic N) is 1. The lowest BCUT2D eigenvalue weighted by molar-refractivity contribution is 0.0752. The highest BCUT2D eigenvalue weighted by Gasteiger charge is 2.29. The monoisotopic (exact) mass is 312 g/mol. The van der Waals surface area contributed by atoms with Gasteiger partial charge in [-0.3, -0.25) is 0 Å². The first-order chi connectivity index (χ1) is 9.86. The summed E-state index contributed by atoms with van der Waals surface area (Å²) in [6.45, 7) is 7.51. The SMILES string of the molecule is Cc1cc(CN)cc(S(=O)(=O)N2CCCOC(C)C2)c1C. The Labute approximate surface area is 127 Å². The fraction of sp³-hybridized carbons (Fsp3) is 0.600. The summed E-state index contributed by atoms with van der Waals surface area (Å²) >= 11 is 0. The Morgan fingerprint density at radius 3 is 2.76 bits per heavy atom. The summed E-state index contributed by atoms with van der Waals surface area (Å²) in [7, 11) is -3.51. The standard InChI is InChI=1S/C15H24N2O3S/c1-11-7-14(9-16)8-15(13(11)3)21(18,19)17-5-4-6-20-12(2)10-17/h7-8,12H,4-6,9-10,16H2,1-3H3. The summed E-state index contributed by atoms with van der Waals surface area (Å²) in [5, 5.41) is 0. The van der Waals surface area contributed by atoms with Gasteiger partial charge in [-0.1, -0.05) is 6.07 Å². The molecule has 0 aromatic heterocycles. The maximum atomic E-state index is 13.0. The molecule has 1 aromatic rings. The van der Waals surface area contributed by atoms with Gasteiger partial charge < -0.3 is 10.5 Å². The number of aryl methyl sites for hydroxylation is 1. The van der Waals surface area contributed by atoms with Crippen LogP contribution in [0, 0.1) is 13.8 Å². The van der Waals surface area contributed by atoms with E-state index >= 15 is 0 Å². The molecule has 21 heavy (non-hydrogen) atoms. The van der Waals surface area contributed by atoms with E-state index in [-0.39, 0.29) is 6.10 Å². The molecule has 0 spiro atoms. The van der Waals surface area contributed by atoms with Crippen LogP contribution in [0.1, 0.15) is 30.0 Å². The summed E-state index contributed by atoms with van der Waals surface area (Å²) < 4.78 is 33.0. The molecular formula is C15H24N2O3S. The second-order valence-electron chi connectivity index (χ2n) is 5.64. The van der Waals surface area contributed by atoms with Crippen molar-refractivity contribution in [1.82, 2.24) is 4.31 Å². The van der Waals surface area contributed by atoms with E-state index in [4.69, 9.17) is 10.5 Å². The Morgan fingerprint density at radius 2 is 2.10 bits per heavy atom. The molecule has 0 saturated carbocycles. The molecule has 1 aliphatic heterocycles. The number of ether oxygens (including phenoxy) is 1. The number of nitrogens with two attached hydrogens (primary N) is 1. The van der Waals surface area contributed by atoms with E-state index in [9.17, 15) is 8.42 Å². The number of hydrogen-bond acceptors (Lipinski definition) is 4. The van der Waals surface area contributed by atoms with Crippen molar-refractivity contribution in [3.05, 3.63) is 28.8 Å². The first kappa shape index (κ1) is 16.4. The third-order valence-electron chi connectivity index (χ3n) is 3.95. The Hall–Kier alpha value is -0.950. The van der Waals surface area contributed by atoms with Crippen molar-refractivity contribution in [2.45, 2.75) is 44.7 Å². The molecule has 6 heteroatoms. The van der Waals surface area contributed by atoms with Gasteiger partial charge >= 0.3 is 0 Å². The lowest BCUT2D eigenvalue weighted by Gasteiger charge is -2.23. The Balaban J connectivity index is 2.45. The molecule has 1 heterocycles. The molecule has 0 aliphatic carbocycles. The molecule has 1 unspecified atom stereocenters. The van der Waals surface area contributed by atoms with Crippen molar-refractivity contribution in [3.8, 4) is 0 Å². The van der Waals surface area contributed by atoms with Crippen molar-refractivity contribution < 1.29 is 13.2 Å². The topological polar surface area (TPSA) is 72.6 Å². The minimum atomic E-state index is -3.51. The van der Waals surface area contributed by atoms with Crippen LogP contribution in [0.2, 0.25) is 0 Å². The Bertz CT molecular complexity index is 614. The molecule has 118 valence electrons. The molecule has 1 saturated heterocycles. The lowest BCUT2D eigenvalue weighted by Crippen LogP contribution is -2.36. The zero-order valence-corrected chi connectivity index (χ0v) is 13.7. The average Bonchev–Trinajstić information content (AvgIpc) is 2.66. The predicted octanol–water partition coefficient (Wildman–Crippen LogP) is 1.56. The number of sulfonamides is 1. The first-order valence-electron chi connectivity index (χ1n) is 7.28. The molecule has 0 amide bonds. The molecule has 0 bridgehead atoms. The van der Waals surface area contributed by atoms with E-state index in [1.807, 2.05) is 26.8 Å². The van der Waals surface area contributed by atoms with E-state index in [0.29, 0.717) is 31.1 Å². The molecule has 1 atom stereocenters. The van der Waals surface area contributed by atoms with Crippen LogP contribution < -0.4 is 5.73 Å². The van der Waals surface area contributed by atoms with Crippen LogP contribution in [0.15, 0.2) is 17.0 Å². The maximum Gasteiger partial charge on any atom is 0.243 e. The van der Waals surface area contributed by atoms with Crippen molar-refractivity contribution >= 4 is 10.0 Å². The zero-order chi connectivity index (χ0) is 15.6. The van der Waals surface area contributed by atoms with Crippen LogP contribution in [0.4, 0.5) is 0 Å². The molecule has 5 nitrogen and oxygen atoms in total. The van der Waals surface area contributed by atoms with Gasteiger partial charge in [0.05, 0.1) is 11.0 Å². The highest BCUT2D eigenvalue weighted by molar-refractivity contribution is 7.89. The quantitative estimate of drug-likeness (QED) is 0.919. The van der Waals surface area contributed by atoms with E-state index in [0.717, 1.165) is 23.1 Å². The van der Waals surface area contributed by atoms with E-state index in [2.05, 4.69) is 0 Å². The second-order valence-corrected chi connectivity index (χ2v) is 7.54. The minimum Gasteiger partial charge on any atom is -0.377 e. The van der Waals surface area contributed by atoms with Crippen molar-refractivity contribution in [1.29, 1.82) is 0 Å². The minimum absolute atomic E-state index is 0.0821. The largest absolute Gasteiger partial charge is 0.377 e. The van der Waals surface area contributed by atoms with Crippen LogP contribution in [-0.4, -0.2) is 38.5 Å². The summed E-state index contributed by atoms with van der Waals surface area (Å²) in [6.07, 6.45) is 0.638. The fourth-order valence-corrected chi connectivity index (χ4v) is 4.50. The fourth-order valence-electron chi connectivity index (χ4n) is 2.60. The van der Waals surface area contributed by atoms with Gasteiger partial charge in [0.15, 0.2) is 0 Å². The van der Waals surface area contributed by atoms with Crippen LogP contribution in [-0.2, 0) is 21.3 Å². The van der Waals surface area contributed by atoms with Gasteiger partial charge in [0.1, 0.15) is 0 Å². The average molecular weight is 312 g/mol. The molecule has 1 aliphatic rings. The molecule has 2 rings (SSSR count). The Morgan fingerprint density at radius 1 is 1.38 bits per heavy atom. The van der Waals surface area contributed by atoms with E-state index in [1.54, 1.807) is 6.07 Å². The zero-order valence-electron chi connectivity index (χ0n) is 12.9. The molecule has 0 radical (unpaired) electrons. The third kappa shape index (κ3) is 3.45. The van der Waals surface area contributed by atoms with Gasteiger partial charge in [-0.25, -0.2) is 8.42 Å². The number of rotatable bonds is 3. The van der Waals surface area contributed by atoms with Gasteiger partial charge in [-0.05, 0) is 49.9 Å². The number of hydrogen-bond donors (Lipinski definition) is 1. The Kier molecular flexibility index (Phi) is 5.03. The van der Waals surface area contributed by atoms with E-state index in [1.165, 1.54) is 4.31 Å². The predicted molar refractivity (Wildman–Crippen MR) is 82.6 cm³/mol. The highest BCUT2D eigenvalue weighted by Crippen LogP contribution is 2.25. The van der Waals surface area contributed by atoms with Gasteiger partial charge in [-0.15, -0.1) is 0 Å². The number of benzene rings is 1. The normalized spacial score (nSPS) is 21.2. The van der Waals surface area contributed by atoms with Crippen LogP contribution >= 0.6 is 0 Å². The second kappa shape index (κ2) is 6.44. The van der Waals surface area contributed by atoms with Gasteiger partial charge in [-0.2, -0.15) is 4.31 Å². The van der Waals surface area contributed by atoms with E-state index < -0.39 is 10.0 Å².